The van der Waals surface area contributed by atoms with Crippen LogP contribution in [-0.4, -0.2) is 11.3 Å². The molecule has 0 unspecified atom stereocenters. The first-order valence-corrected chi connectivity index (χ1v) is 25.5. The van der Waals surface area contributed by atoms with E-state index in [0.29, 0.717) is 0 Å². The Morgan fingerprint density at radius 3 is 1.59 bits per heavy atom. The van der Waals surface area contributed by atoms with Crippen LogP contribution in [0.5, 0.6) is 11.5 Å². The molecule has 1 aromatic heterocycles. The largest absolute Gasteiger partial charge is 0.458 e. The molecule has 0 spiro atoms. The first kappa shape index (κ1) is 42.7. The number of fused-ring (bicyclic) bond motifs is 7. The summed E-state index contributed by atoms with van der Waals surface area (Å²) in [6, 6.07) is 85.2. The fourth-order valence-electron chi connectivity index (χ4n) is 11.6. The zero-order chi connectivity index (χ0) is 47.3. The lowest BCUT2D eigenvalue weighted by Crippen LogP contribution is -2.59. The minimum atomic E-state index is -0.0894. The molecule has 0 bridgehead atoms. The highest BCUT2D eigenvalue weighted by molar-refractivity contribution is 6.99. The number of hydrogen-bond acceptors (Lipinski definition) is 2. The fourth-order valence-corrected chi connectivity index (χ4v) is 11.6. The average Bonchev–Trinajstić information content (AvgIpc) is 3.78. The first-order chi connectivity index (χ1) is 35.2. The molecule has 0 N–H and O–H groups in total. The van der Waals surface area contributed by atoms with Crippen molar-refractivity contribution in [2.24, 2.45) is 0 Å². The number of aryl methyl sites for hydroxylation is 1. The molecule has 3 heterocycles. The number of anilines is 3. The molecular weight excluding hydrogens is 860 g/mol. The molecule has 10 aromatic carbocycles. The number of aromatic nitrogens is 1. The number of unbranched alkanes of at least 4 members (excludes halogenated alkanes) is 4. The first-order valence-electron chi connectivity index (χ1n) is 25.5. The summed E-state index contributed by atoms with van der Waals surface area (Å²) < 4.78 is 9.72. The van der Waals surface area contributed by atoms with Crippen molar-refractivity contribution in [2.45, 2.75) is 45.4 Å². The van der Waals surface area contributed by atoms with Crippen molar-refractivity contribution in [3.05, 3.63) is 236 Å². The van der Waals surface area contributed by atoms with Gasteiger partial charge in [0.15, 0.2) is 0 Å². The van der Waals surface area contributed by atoms with Crippen LogP contribution in [0.15, 0.2) is 231 Å². The Balaban J connectivity index is 1.15. The summed E-state index contributed by atoms with van der Waals surface area (Å²) in [7, 11) is 0. The summed E-state index contributed by atoms with van der Waals surface area (Å²) in [4.78, 5) is 2.64. The van der Waals surface area contributed by atoms with E-state index in [9.17, 15) is 0 Å². The van der Waals surface area contributed by atoms with Crippen molar-refractivity contribution in [2.75, 3.05) is 4.90 Å². The van der Waals surface area contributed by atoms with E-state index in [-0.39, 0.29) is 6.71 Å². The molecule has 2 aliphatic heterocycles. The van der Waals surface area contributed by atoms with E-state index in [0.717, 1.165) is 52.5 Å². The average molecular weight is 913 g/mol. The maximum atomic E-state index is 7.25. The lowest BCUT2D eigenvalue weighted by Gasteiger charge is -2.42. The van der Waals surface area contributed by atoms with Crippen molar-refractivity contribution in [1.82, 2.24) is 4.57 Å². The van der Waals surface area contributed by atoms with E-state index in [1.54, 1.807) is 0 Å². The van der Waals surface area contributed by atoms with Crippen LogP contribution in [-0.2, 0) is 6.42 Å². The highest BCUT2D eigenvalue weighted by atomic mass is 16.5. The van der Waals surface area contributed by atoms with Gasteiger partial charge in [-0.05, 0) is 123 Å². The van der Waals surface area contributed by atoms with Crippen LogP contribution in [0.1, 0.15) is 44.6 Å². The number of nitrogens with zero attached hydrogens (tertiary/aromatic N) is 2. The zero-order valence-electron chi connectivity index (χ0n) is 40.1. The second-order valence-corrected chi connectivity index (χ2v) is 19.3. The SMILES string of the molecule is CCCCCCCc1cc2c3c(c1)N(c1c(-c4ccccc4)cc(-c4ccccc4)cc1-c1ccccc1)c1cc(-n4c5ccccc5c5ccccc54)ccc1B3c1cc(-c3ccccc3)ccc1O2. The number of rotatable bonds is 12. The summed E-state index contributed by atoms with van der Waals surface area (Å²) in [5.74, 6) is 1.86. The van der Waals surface area contributed by atoms with Gasteiger partial charge in [-0.2, -0.15) is 0 Å². The maximum Gasteiger partial charge on any atom is 0.256 e. The third-order valence-corrected chi connectivity index (χ3v) is 14.9. The Morgan fingerprint density at radius 1 is 0.408 bits per heavy atom. The molecule has 0 aliphatic carbocycles. The van der Waals surface area contributed by atoms with Crippen molar-refractivity contribution in [3.63, 3.8) is 0 Å². The molecule has 0 saturated carbocycles. The monoisotopic (exact) mass is 912 g/mol. The molecule has 2 aliphatic rings. The van der Waals surface area contributed by atoms with E-state index < -0.39 is 0 Å². The third-order valence-electron chi connectivity index (χ3n) is 14.9. The molecule has 0 saturated heterocycles. The highest BCUT2D eigenvalue weighted by Gasteiger charge is 2.43. The topological polar surface area (TPSA) is 17.4 Å². The Morgan fingerprint density at radius 2 is 0.972 bits per heavy atom. The minimum Gasteiger partial charge on any atom is -0.458 e. The summed E-state index contributed by atoms with van der Waals surface area (Å²) in [5.41, 5.74) is 21.3. The summed E-state index contributed by atoms with van der Waals surface area (Å²) in [5, 5.41) is 2.49. The molecular formula is C67H53BN2O. The van der Waals surface area contributed by atoms with Crippen molar-refractivity contribution in [3.8, 4) is 61.7 Å². The van der Waals surface area contributed by atoms with Gasteiger partial charge in [0.1, 0.15) is 11.5 Å². The summed E-state index contributed by atoms with van der Waals surface area (Å²) in [6.45, 7) is 2.20. The molecule has 3 nitrogen and oxygen atoms in total. The molecule has 340 valence electrons. The van der Waals surface area contributed by atoms with Gasteiger partial charge in [0.2, 0.25) is 0 Å². The van der Waals surface area contributed by atoms with Crippen molar-refractivity contribution >= 4 is 62.0 Å². The number of para-hydroxylation sites is 2. The van der Waals surface area contributed by atoms with Gasteiger partial charge in [-0.3, -0.25) is 0 Å². The van der Waals surface area contributed by atoms with Gasteiger partial charge in [0, 0.05) is 39.0 Å². The Bertz CT molecular complexity index is 3640. The molecule has 71 heavy (non-hydrogen) atoms. The Hall–Kier alpha value is -8.34. The number of ether oxygens (including phenoxy) is 1. The predicted molar refractivity (Wildman–Crippen MR) is 301 cm³/mol. The lowest BCUT2D eigenvalue weighted by molar-refractivity contribution is 0.486. The van der Waals surface area contributed by atoms with Crippen LogP contribution in [0, 0.1) is 0 Å². The van der Waals surface area contributed by atoms with Crippen molar-refractivity contribution in [1.29, 1.82) is 0 Å². The second kappa shape index (κ2) is 18.2. The molecule has 0 fully saturated rings. The van der Waals surface area contributed by atoms with Crippen LogP contribution in [0.3, 0.4) is 0 Å². The van der Waals surface area contributed by atoms with Crippen LogP contribution >= 0.6 is 0 Å². The normalized spacial score (nSPS) is 12.4. The molecule has 0 atom stereocenters. The predicted octanol–water partition coefficient (Wildman–Crippen LogP) is 16.4. The van der Waals surface area contributed by atoms with Gasteiger partial charge in [0.25, 0.3) is 6.71 Å². The number of benzene rings is 10. The minimum absolute atomic E-state index is 0.0894. The molecule has 13 rings (SSSR count). The van der Waals surface area contributed by atoms with E-state index >= 15 is 0 Å². The van der Waals surface area contributed by atoms with E-state index in [1.165, 1.54) is 109 Å². The zero-order valence-corrected chi connectivity index (χ0v) is 40.1. The Kier molecular flexibility index (Phi) is 11.0. The maximum absolute atomic E-state index is 7.25. The number of hydrogen-bond donors (Lipinski definition) is 0. The summed E-state index contributed by atoms with van der Waals surface area (Å²) in [6.07, 6.45) is 7.06. The summed E-state index contributed by atoms with van der Waals surface area (Å²) >= 11 is 0. The molecule has 0 amide bonds. The lowest BCUT2D eigenvalue weighted by atomic mass is 9.34. The van der Waals surface area contributed by atoms with Crippen molar-refractivity contribution < 1.29 is 4.74 Å². The van der Waals surface area contributed by atoms with Crippen LogP contribution in [0.4, 0.5) is 17.1 Å². The van der Waals surface area contributed by atoms with E-state index in [1.807, 2.05) is 0 Å². The quantitative estimate of drug-likeness (QED) is 0.0897. The van der Waals surface area contributed by atoms with Gasteiger partial charge in [-0.25, -0.2) is 0 Å². The van der Waals surface area contributed by atoms with Crippen LogP contribution < -0.4 is 26.0 Å². The van der Waals surface area contributed by atoms with Gasteiger partial charge in [-0.1, -0.05) is 209 Å². The fraction of sp³-hybridized carbons (Fsp3) is 0.104. The van der Waals surface area contributed by atoms with Gasteiger partial charge < -0.3 is 14.2 Å². The molecule has 0 radical (unpaired) electrons. The molecule has 4 heteroatoms. The third kappa shape index (κ3) is 7.54. The van der Waals surface area contributed by atoms with Gasteiger partial charge in [-0.15, -0.1) is 0 Å². The highest BCUT2D eigenvalue weighted by Crippen LogP contribution is 2.51. The standard InChI is InChI=1S/C67H53BN2O/c1-2-3-4-5-10-23-46-40-63-66-65(41-46)71-64-39-36-51(47-24-11-6-12-25-47)44-59(64)68(66)58-38-37-53(69-60-34-21-19-32-54(60)55-33-20-22-35-61(55)69)45-62(58)70(63)67-56(49-28-15-8-16-29-49)42-52(48-26-13-7-14-27-48)43-57(67)50-30-17-9-18-31-50/h6-9,11-22,24-45H,2-5,10,23H2,1H3. The Labute approximate surface area is 417 Å². The van der Waals surface area contributed by atoms with E-state index in [4.69, 9.17) is 4.74 Å². The van der Waals surface area contributed by atoms with Crippen LogP contribution in [0.25, 0.3) is 72.0 Å². The molecule has 11 aromatic rings. The van der Waals surface area contributed by atoms with Crippen LogP contribution in [0.2, 0.25) is 0 Å². The smallest absolute Gasteiger partial charge is 0.256 e. The van der Waals surface area contributed by atoms with Gasteiger partial charge in [0.05, 0.1) is 16.7 Å². The van der Waals surface area contributed by atoms with E-state index in [2.05, 4.69) is 247 Å². The second-order valence-electron chi connectivity index (χ2n) is 19.3. The van der Waals surface area contributed by atoms with Gasteiger partial charge >= 0.3 is 0 Å².